The molecular formula is C32H37ClFN3O6. The summed E-state index contributed by atoms with van der Waals surface area (Å²) in [6, 6.07) is 9.99. The third-order valence-corrected chi connectivity index (χ3v) is 8.57. The van der Waals surface area contributed by atoms with Gasteiger partial charge in [-0.1, -0.05) is 29.8 Å². The Kier molecular flexibility index (Phi) is 10.1. The van der Waals surface area contributed by atoms with Gasteiger partial charge in [-0.15, -0.1) is 0 Å². The molecule has 0 radical (unpaired) electrons. The number of hydrogen-bond acceptors (Lipinski definition) is 7. The molecule has 230 valence electrons. The molecule has 1 saturated heterocycles. The van der Waals surface area contributed by atoms with Crippen LogP contribution in [-0.4, -0.2) is 66.5 Å². The zero-order valence-electron chi connectivity index (χ0n) is 24.4. The summed E-state index contributed by atoms with van der Waals surface area (Å²) >= 11 is 6.42. The van der Waals surface area contributed by atoms with E-state index in [2.05, 4.69) is 10.2 Å². The summed E-state index contributed by atoms with van der Waals surface area (Å²) in [5, 5.41) is 3.59. The summed E-state index contributed by atoms with van der Waals surface area (Å²) in [7, 11) is 3.25. The second-order valence-electron chi connectivity index (χ2n) is 11.3. The monoisotopic (exact) mass is 613 g/mol. The summed E-state index contributed by atoms with van der Waals surface area (Å²) in [5.41, 5.74) is 1.57. The Hall–Kier alpha value is -3.31. The van der Waals surface area contributed by atoms with Crippen LogP contribution in [0.4, 0.5) is 10.1 Å². The Labute approximate surface area is 255 Å². The summed E-state index contributed by atoms with van der Waals surface area (Å²) in [4.78, 5) is 39.8. The molecule has 0 bridgehead atoms. The maximum absolute atomic E-state index is 15.1. The Morgan fingerprint density at radius 1 is 1.09 bits per heavy atom. The zero-order chi connectivity index (χ0) is 30.5. The van der Waals surface area contributed by atoms with Crippen LogP contribution in [0.3, 0.4) is 0 Å². The summed E-state index contributed by atoms with van der Waals surface area (Å²) < 4.78 is 34.0. The number of anilines is 1. The van der Waals surface area contributed by atoms with Gasteiger partial charge in [-0.2, -0.15) is 0 Å². The van der Waals surface area contributed by atoms with Crippen molar-refractivity contribution >= 4 is 45.9 Å². The van der Waals surface area contributed by atoms with Gasteiger partial charge in [0.1, 0.15) is 12.4 Å². The van der Waals surface area contributed by atoms with Crippen molar-refractivity contribution in [3.63, 3.8) is 0 Å². The largest absolute Gasteiger partial charge is 0.469 e. The Morgan fingerprint density at radius 3 is 2.53 bits per heavy atom. The third kappa shape index (κ3) is 7.44. The minimum atomic E-state index is -0.689. The van der Waals surface area contributed by atoms with E-state index in [1.165, 1.54) is 13.2 Å². The van der Waals surface area contributed by atoms with E-state index >= 15 is 4.39 Å². The predicted molar refractivity (Wildman–Crippen MR) is 160 cm³/mol. The number of rotatable bonds is 11. The van der Waals surface area contributed by atoms with E-state index < -0.39 is 18.1 Å². The topological polar surface area (TPSA) is 99.1 Å². The van der Waals surface area contributed by atoms with Crippen molar-refractivity contribution in [1.82, 2.24) is 9.47 Å². The fourth-order valence-electron chi connectivity index (χ4n) is 5.91. The second-order valence-corrected chi connectivity index (χ2v) is 11.7. The van der Waals surface area contributed by atoms with E-state index in [1.807, 2.05) is 35.9 Å². The number of nitrogens with one attached hydrogen (secondary N) is 1. The summed E-state index contributed by atoms with van der Waals surface area (Å²) in [5.74, 6) is -1.70. The highest BCUT2D eigenvalue weighted by molar-refractivity contribution is 6.34. The average molecular weight is 614 g/mol. The van der Waals surface area contributed by atoms with Crippen LogP contribution in [-0.2, 0) is 37.3 Å². The fraction of sp³-hybridized carbons (Fsp3) is 0.469. The number of Topliss-reactive ketones (excluding diaryl/α,β-unsaturated/α-hetero) is 1. The SMILES string of the molecule is COC(=O)C1CCC(OC(OCC(=O)Cc2cc(Cl)c(NC(=O)c3cn(C)c4ccccc34)cc2F)N2CCCC2)CC1. The van der Waals surface area contributed by atoms with Crippen molar-refractivity contribution in [2.75, 3.05) is 32.1 Å². The molecule has 1 aliphatic carbocycles. The van der Waals surface area contributed by atoms with Crippen molar-refractivity contribution in [1.29, 1.82) is 0 Å². The molecule has 11 heteroatoms. The number of benzene rings is 2. The molecule has 2 heterocycles. The number of amides is 1. The van der Waals surface area contributed by atoms with Crippen molar-refractivity contribution in [3.8, 4) is 0 Å². The lowest BCUT2D eigenvalue weighted by Gasteiger charge is -2.34. The van der Waals surface area contributed by atoms with Gasteiger partial charge >= 0.3 is 5.97 Å². The van der Waals surface area contributed by atoms with Crippen LogP contribution < -0.4 is 5.32 Å². The third-order valence-electron chi connectivity index (χ3n) is 8.26. The van der Waals surface area contributed by atoms with Gasteiger partial charge in [-0.05, 0) is 62.3 Å². The lowest BCUT2D eigenvalue weighted by molar-refractivity contribution is -0.243. The van der Waals surface area contributed by atoms with Crippen LogP contribution in [0, 0.1) is 11.7 Å². The minimum absolute atomic E-state index is 0.0884. The summed E-state index contributed by atoms with van der Waals surface area (Å²) in [6.07, 6.45) is 5.51. The van der Waals surface area contributed by atoms with Crippen LogP contribution in [0.2, 0.25) is 5.02 Å². The van der Waals surface area contributed by atoms with Crippen LogP contribution >= 0.6 is 11.6 Å². The van der Waals surface area contributed by atoms with Crippen molar-refractivity contribution in [2.45, 2.75) is 57.5 Å². The van der Waals surface area contributed by atoms with Gasteiger partial charge < -0.3 is 24.1 Å². The molecule has 0 spiro atoms. The van der Waals surface area contributed by atoms with Gasteiger partial charge in [0.05, 0.1) is 35.4 Å². The first kappa shape index (κ1) is 31.1. The number of ether oxygens (including phenoxy) is 3. The minimum Gasteiger partial charge on any atom is -0.469 e. The molecule has 3 aromatic rings. The van der Waals surface area contributed by atoms with Gasteiger partial charge in [0.2, 0.25) is 6.41 Å². The zero-order valence-corrected chi connectivity index (χ0v) is 25.2. The number of aryl methyl sites for hydroxylation is 1. The van der Waals surface area contributed by atoms with E-state index in [1.54, 1.807) is 6.20 Å². The van der Waals surface area contributed by atoms with Gasteiger partial charge in [-0.25, -0.2) is 4.39 Å². The van der Waals surface area contributed by atoms with Gasteiger partial charge in [0, 0.05) is 43.7 Å². The van der Waals surface area contributed by atoms with Crippen molar-refractivity contribution in [2.24, 2.45) is 13.0 Å². The molecule has 2 fully saturated rings. The van der Waals surface area contributed by atoms with E-state index in [9.17, 15) is 14.4 Å². The second kappa shape index (κ2) is 14.0. The van der Waals surface area contributed by atoms with Crippen LogP contribution in [0.15, 0.2) is 42.6 Å². The highest BCUT2D eigenvalue weighted by Crippen LogP contribution is 2.30. The van der Waals surface area contributed by atoms with Gasteiger partial charge in [0.25, 0.3) is 5.91 Å². The van der Waals surface area contributed by atoms with Crippen LogP contribution in [0.5, 0.6) is 0 Å². The number of likely N-dealkylation sites (tertiary alicyclic amines) is 1. The summed E-state index contributed by atoms with van der Waals surface area (Å²) in [6.45, 7) is 1.34. The van der Waals surface area contributed by atoms with Crippen LogP contribution in [0.25, 0.3) is 10.9 Å². The first-order valence-electron chi connectivity index (χ1n) is 14.7. The molecule has 5 rings (SSSR count). The van der Waals surface area contributed by atoms with Crippen molar-refractivity contribution in [3.05, 3.63) is 64.6 Å². The molecular weight excluding hydrogens is 577 g/mol. The van der Waals surface area contributed by atoms with Crippen molar-refractivity contribution < 1.29 is 33.0 Å². The first-order valence-corrected chi connectivity index (χ1v) is 15.0. The number of fused-ring (bicyclic) bond motifs is 1. The first-order chi connectivity index (χ1) is 20.7. The molecule has 1 aromatic heterocycles. The highest BCUT2D eigenvalue weighted by Gasteiger charge is 2.32. The number of aromatic nitrogens is 1. The predicted octanol–water partition coefficient (Wildman–Crippen LogP) is 5.48. The average Bonchev–Trinajstić information content (AvgIpc) is 3.66. The number of halogens is 2. The van der Waals surface area contributed by atoms with E-state index in [0.29, 0.717) is 31.2 Å². The Balaban J connectivity index is 1.18. The molecule has 2 aromatic carbocycles. The number of ketones is 1. The normalized spacial score (nSPS) is 19.8. The number of carbonyl (C=O) groups excluding carboxylic acids is 3. The number of esters is 1. The number of carbonyl (C=O) groups is 3. The molecule has 1 amide bonds. The number of hydrogen-bond donors (Lipinski definition) is 1. The Bertz CT molecular complexity index is 1480. The molecule has 1 N–H and O–H groups in total. The smallest absolute Gasteiger partial charge is 0.308 e. The molecule has 2 aliphatic rings. The molecule has 1 atom stereocenters. The molecule has 1 unspecified atom stereocenters. The molecule has 1 saturated carbocycles. The molecule has 43 heavy (non-hydrogen) atoms. The number of para-hydroxylation sites is 1. The maximum atomic E-state index is 15.1. The number of methoxy groups -OCH3 is 1. The molecule has 1 aliphatic heterocycles. The van der Waals surface area contributed by atoms with Gasteiger partial charge in [0.15, 0.2) is 5.78 Å². The number of nitrogens with zero attached hydrogens (tertiary/aromatic N) is 2. The Morgan fingerprint density at radius 2 is 1.81 bits per heavy atom. The van der Waals surface area contributed by atoms with E-state index in [-0.39, 0.29) is 53.1 Å². The molecule has 9 nitrogen and oxygen atoms in total. The van der Waals surface area contributed by atoms with Crippen LogP contribution in [0.1, 0.15) is 54.4 Å². The van der Waals surface area contributed by atoms with E-state index in [0.717, 1.165) is 42.9 Å². The van der Waals surface area contributed by atoms with Gasteiger partial charge in [-0.3, -0.25) is 19.3 Å². The lowest BCUT2D eigenvalue weighted by Crippen LogP contribution is -2.42. The standard InChI is InChI=1S/C32H37ClFN3O6/c1-36-18-25(24-7-3-4-8-29(24)36)30(39)35-28-17-27(34)21(16-26(28)33)15-22(38)19-42-32(37-13-5-6-14-37)43-23-11-9-20(10-12-23)31(40)41-2/h3-4,7-8,16-18,20,23,32H,5-6,9-15,19H2,1-2H3,(H,35,39). The lowest BCUT2D eigenvalue weighted by atomic mass is 9.87. The fourth-order valence-corrected chi connectivity index (χ4v) is 6.14. The van der Waals surface area contributed by atoms with E-state index in [4.69, 9.17) is 25.8 Å². The highest BCUT2D eigenvalue weighted by atomic mass is 35.5. The maximum Gasteiger partial charge on any atom is 0.308 e. The quantitative estimate of drug-likeness (QED) is 0.226.